The molecular formula is C14H14N4O2. The maximum atomic E-state index is 11.9. The Morgan fingerprint density at radius 3 is 2.80 bits per heavy atom. The van der Waals surface area contributed by atoms with Crippen LogP contribution >= 0.6 is 0 Å². The summed E-state index contributed by atoms with van der Waals surface area (Å²) in [6.07, 6.45) is 3.44. The first-order valence-corrected chi connectivity index (χ1v) is 6.28. The van der Waals surface area contributed by atoms with Crippen LogP contribution in [0.4, 0.5) is 0 Å². The van der Waals surface area contributed by atoms with E-state index < -0.39 is 0 Å². The number of rotatable bonds is 4. The summed E-state index contributed by atoms with van der Waals surface area (Å²) >= 11 is 0. The van der Waals surface area contributed by atoms with Gasteiger partial charge in [0.05, 0.1) is 24.4 Å². The molecule has 20 heavy (non-hydrogen) atoms. The first kappa shape index (κ1) is 12.6. The largest absolute Gasteiger partial charge is 0.383 e. The molecule has 0 atom stereocenters. The van der Waals surface area contributed by atoms with E-state index in [1.165, 1.54) is 0 Å². The van der Waals surface area contributed by atoms with Crippen LogP contribution in [0.1, 0.15) is 0 Å². The van der Waals surface area contributed by atoms with Crippen molar-refractivity contribution in [2.24, 2.45) is 0 Å². The van der Waals surface area contributed by atoms with Crippen molar-refractivity contribution in [2.75, 3.05) is 13.7 Å². The fraction of sp³-hybridized carbons (Fsp3) is 0.214. The Labute approximate surface area is 115 Å². The molecule has 102 valence electrons. The predicted octanol–water partition coefficient (Wildman–Crippen LogP) is 1.43. The number of aromatic amines is 1. The number of ether oxygens (including phenoxy) is 1. The summed E-state index contributed by atoms with van der Waals surface area (Å²) in [5.74, 6) is 0. The van der Waals surface area contributed by atoms with Gasteiger partial charge < -0.3 is 9.72 Å². The zero-order valence-electron chi connectivity index (χ0n) is 11.0. The number of pyridine rings is 2. The molecule has 3 heterocycles. The van der Waals surface area contributed by atoms with Crippen LogP contribution in [0.15, 0.2) is 41.5 Å². The third-order valence-corrected chi connectivity index (χ3v) is 3.11. The van der Waals surface area contributed by atoms with E-state index in [0.717, 1.165) is 16.8 Å². The SMILES string of the molecule is COCCn1c(=O)[nH]c2ccc(-c3ccncc3)nc21. The first-order chi connectivity index (χ1) is 9.79. The molecule has 0 aliphatic carbocycles. The lowest BCUT2D eigenvalue weighted by molar-refractivity contribution is 0.187. The molecule has 0 aliphatic rings. The summed E-state index contributed by atoms with van der Waals surface area (Å²) in [7, 11) is 1.61. The molecule has 3 aromatic heterocycles. The predicted molar refractivity (Wildman–Crippen MR) is 75.5 cm³/mol. The van der Waals surface area contributed by atoms with Gasteiger partial charge in [0.2, 0.25) is 0 Å². The minimum Gasteiger partial charge on any atom is -0.383 e. The third kappa shape index (κ3) is 2.21. The summed E-state index contributed by atoms with van der Waals surface area (Å²) < 4.78 is 6.61. The molecule has 6 nitrogen and oxygen atoms in total. The van der Waals surface area contributed by atoms with Gasteiger partial charge in [0.1, 0.15) is 0 Å². The molecule has 0 radical (unpaired) electrons. The maximum Gasteiger partial charge on any atom is 0.327 e. The van der Waals surface area contributed by atoms with Crippen molar-refractivity contribution in [1.82, 2.24) is 19.5 Å². The van der Waals surface area contributed by atoms with Crippen LogP contribution in [0.3, 0.4) is 0 Å². The summed E-state index contributed by atoms with van der Waals surface area (Å²) in [6.45, 7) is 0.941. The summed E-state index contributed by atoms with van der Waals surface area (Å²) in [6, 6.07) is 7.52. The highest BCUT2D eigenvalue weighted by molar-refractivity contribution is 5.75. The maximum absolute atomic E-state index is 11.9. The normalized spacial score (nSPS) is 11.1. The molecule has 0 saturated carbocycles. The Balaban J connectivity index is 2.12. The van der Waals surface area contributed by atoms with Gasteiger partial charge in [0.25, 0.3) is 0 Å². The number of aromatic nitrogens is 4. The molecule has 0 unspecified atom stereocenters. The van der Waals surface area contributed by atoms with E-state index >= 15 is 0 Å². The van der Waals surface area contributed by atoms with Crippen LogP contribution in [-0.4, -0.2) is 33.2 Å². The summed E-state index contributed by atoms with van der Waals surface area (Å²) in [5, 5.41) is 0. The molecule has 0 aromatic carbocycles. The average molecular weight is 270 g/mol. The Morgan fingerprint density at radius 2 is 2.05 bits per heavy atom. The quantitative estimate of drug-likeness (QED) is 0.778. The lowest BCUT2D eigenvalue weighted by Gasteiger charge is -2.04. The molecule has 1 N–H and O–H groups in total. The number of H-pyrrole nitrogens is 1. The Bertz CT molecular complexity index is 777. The molecular weight excluding hydrogens is 256 g/mol. The number of hydrogen-bond acceptors (Lipinski definition) is 4. The standard InChI is InChI=1S/C14H14N4O2/c1-20-9-8-18-13-12(17-14(18)19)3-2-11(16-13)10-4-6-15-7-5-10/h2-7H,8-9H2,1H3,(H,17,19). The average Bonchev–Trinajstić information content (AvgIpc) is 2.80. The second-order valence-corrected chi connectivity index (χ2v) is 4.38. The van der Waals surface area contributed by atoms with Gasteiger partial charge >= 0.3 is 5.69 Å². The van der Waals surface area contributed by atoms with Gasteiger partial charge in [-0.25, -0.2) is 9.78 Å². The van der Waals surface area contributed by atoms with Crippen molar-refractivity contribution in [3.63, 3.8) is 0 Å². The van der Waals surface area contributed by atoms with Crippen LogP contribution in [0.5, 0.6) is 0 Å². The van der Waals surface area contributed by atoms with E-state index in [2.05, 4.69) is 15.0 Å². The smallest absolute Gasteiger partial charge is 0.327 e. The molecule has 0 saturated heterocycles. The van der Waals surface area contributed by atoms with Crippen LogP contribution in [-0.2, 0) is 11.3 Å². The van der Waals surface area contributed by atoms with Gasteiger partial charge in [-0.1, -0.05) is 0 Å². The molecule has 0 fully saturated rings. The zero-order valence-corrected chi connectivity index (χ0v) is 11.0. The summed E-state index contributed by atoms with van der Waals surface area (Å²) in [4.78, 5) is 23.2. The second-order valence-electron chi connectivity index (χ2n) is 4.38. The van der Waals surface area contributed by atoms with Crippen molar-refractivity contribution in [3.05, 3.63) is 47.1 Å². The number of nitrogens with one attached hydrogen (secondary N) is 1. The molecule has 3 aromatic rings. The molecule has 0 spiro atoms. The molecule has 0 aliphatic heterocycles. The fourth-order valence-electron chi connectivity index (χ4n) is 2.10. The Morgan fingerprint density at radius 1 is 1.25 bits per heavy atom. The van der Waals surface area contributed by atoms with Crippen molar-refractivity contribution >= 4 is 11.2 Å². The third-order valence-electron chi connectivity index (χ3n) is 3.11. The molecule has 0 bridgehead atoms. The van der Waals surface area contributed by atoms with Crippen molar-refractivity contribution < 1.29 is 4.74 Å². The summed E-state index contributed by atoms with van der Waals surface area (Å²) in [5.41, 5.74) is 2.97. The van der Waals surface area contributed by atoms with Crippen molar-refractivity contribution in [2.45, 2.75) is 6.54 Å². The Kier molecular flexibility index (Phi) is 3.30. The van der Waals surface area contributed by atoms with Crippen LogP contribution in [0.2, 0.25) is 0 Å². The highest BCUT2D eigenvalue weighted by Gasteiger charge is 2.09. The number of imidazole rings is 1. The van der Waals surface area contributed by atoms with E-state index in [9.17, 15) is 4.79 Å². The van der Waals surface area contributed by atoms with E-state index in [4.69, 9.17) is 4.74 Å². The fourth-order valence-corrected chi connectivity index (χ4v) is 2.10. The van der Waals surface area contributed by atoms with Crippen LogP contribution in [0.25, 0.3) is 22.4 Å². The van der Waals surface area contributed by atoms with Gasteiger partial charge in [-0.3, -0.25) is 9.55 Å². The minimum atomic E-state index is -0.170. The van der Waals surface area contributed by atoms with Crippen molar-refractivity contribution in [3.8, 4) is 11.3 Å². The number of methoxy groups -OCH3 is 1. The monoisotopic (exact) mass is 270 g/mol. The van der Waals surface area contributed by atoms with Gasteiger partial charge in [0, 0.05) is 25.1 Å². The van der Waals surface area contributed by atoms with E-state index in [-0.39, 0.29) is 5.69 Å². The van der Waals surface area contributed by atoms with Gasteiger partial charge in [-0.05, 0) is 24.3 Å². The molecule has 0 amide bonds. The van der Waals surface area contributed by atoms with Gasteiger partial charge in [0.15, 0.2) is 5.65 Å². The molecule has 3 rings (SSSR count). The topological polar surface area (TPSA) is 72.8 Å². The van der Waals surface area contributed by atoms with Crippen LogP contribution < -0.4 is 5.69 Å². The van der Waals surface area contributed by atoms with E-state index in [1.54, 1.807) is 24.1 Å². The van der Waals surface area contributed by atoms with Gasteiger partial charge in [-0.15, -0.1) is 0 Å². The zero-order chi connectivity index (χ0) is 13.9. The second kappa shape index (κ2) is 5.26. The minimum absolute atomic E-state index is 0.170. The van der Waals surface area contributed by atoms with Crippen molar-refractivity contribution in [1.29, 1.82) is 0 Å². The highest BCUT2D eigenvalue weighted by atomic mass is 16.5. The first-order valence-electron chi connectivity index (χ1n) is 6.28. The van der Waals surface area contributed by atoms with Gasteiger partial charge in [-0.2, -0.15) is 0 Å². The van der Waals surface area contributed by atoms with Crippen LogP contribution in [0, 0.1) is 0 Å². The lowest BCUT2D eigenvalue weighted by atomic mass is 10.2. The number of nitrogens with zero attached hydrogens (tertiary/aromatic N) is 3. The lowest BCUT2D eigenvalue weighted by Crippen LogP contribution is -2.19. The molecule has 6 heteroatoms. The number of hydrogen-bond donors (Lipinski definition) is 1. The Hall–Kier alpha value is -2.47. The van der Waals surface area contributed by atoms with E-state index in [1.807, 2.05) is 24.3 Å². The highest BCUT2D eigenvalue weighted by Crippen LogP contribution is 2.18. The van der Waals surface area contributed by atoms with E-state index in [0.29, 0.717) is 18.8 Å². The number of fused-ring (bicyclic) bond motifs is 1.